The van der Waals surface area contributed by atoms with Crippen molar-refractivity contribution in [2.75, 3.05) is 0 Å². The van der Waals surface area contributed by atoms with Crippen molar-refractivity contribution in [3.05, 3.63) is 150 Å². The third-order valence-electron chi connectivity index (χ3n) is 9.63. The van der Waals surface area contributed by atoms with Crippen LogP contribution in [-0.4, -0.2) is 19.6 Å². The van der Waals surface area contributed by atoms with Gasteiger partial charge in [-0.15, -0.1) is 29.3 Å². The molecular formula is C49H47N4OPt-. The van der Waals surface area contributed by atoms with E-state index in [0.717, 1.165) is 11.1 Å². The number of hydrogen-bond acceptors (Lipinski definition) is 3. The molecule has 0 radical (unpaired) electrons. The van der Waals surface area contributed by atoms with Crippen LogP contribution in [-0.2, 0) is 37.3 Å². The van der Waals surface area contributed by atoms with Crippen molar-refractivity contribution >= 4 is 16.7 Å². The van der Waals surface area contributed by atoms with Gasteiger partial charge in [0.25, 0.3) is 0 Å². The molecule has 0 amide bonds. The molecule has 0 aliphatic rings. The van der Waals surface area contributed by atoms with Gasteiger partial charge in [0.1, 0.15) is 11.6 Å². The van der Waals surface area contributed by atoms with E-state index in [1.54, 1.807) is 30.3 Å². The van der Waals surface area contributed by atoms with Gasteiger partial charge in [0.2, 0.25) is 0 Å². The van der Waals surface area contributed by atoms with Crippen LogP contribution in [0.2, 0.25) is 0 Å². The Hall–Kier alpha value is -5.30. The van der Waals surface area contributed by atoms with Gasteiger partial charge < -0.3 is 5.11 Å². The number of para-hydroxylation sites is 2. The summed E-state index contributed by atoms with van der Waals surface area (Å²) in [5, 5.41) is 12.5. The van der Waals surface area contributed by atoms with Gasteiger partial charge in [-0.2, -0.15) is 0 Å². The maximum absolute atomic E-state index is 12.5. The van der Waals surface area contributed by atoms with Crippen LogP contribution in [0.15, 0.2) is 115 Å². The molecular weight excluding hydrogens is 856 g/mol. The van der Waals surface area contributed by atoms with Crippen LogP contribution < -0.4 is 0 Å². The second kappa shape index (κ2) is 14.7. The average Bonchev–Trinajstić information content (AvgIpc) is 3.58. The number of hydrogen-bond donors (Lipinski definition) is 1. The van der Waals surface area contributed by atoms with E-state index in [-0.39, 0.29) is 37.9 Å². The molecule has 55 heavy (non-hydrogen) atoms. The maximum Gasteiger partial charge on any atom is 0.198 e. The Balaban J connectivity index is 0.00000680. The molecule has 2 heterocycles. The Morgan fingerprint density at radius 1 is 0.727 bits per heavy atom. The number of aromatic nitrogens is 3. The standard InChI is InChI=1S/C49H47N4O.Pt/c1-47(2,3)34-28-32(27-33(29-34)39-23-16-17-26-51-39)36-22-18-25-41-43(36)52-46(53(41)40-24-15-14-21-35(40)31-19-12-11-13-20-31)37-30-38(48(4,5)6)44(50-10)42(45(37)54)49(7,8)9;/h11-26,28-30,54H,1-9H3;/q-1;/i1D3,2D3,3D3;. The molecule has 0 aliphatic heterocycles. The summed E-state index contributed by atoms with van der Waals surface area (Å²) in [7, 11) is 0. The molecule has 7 rings (SSSR count). The fraction of sp³-hybridized carbons (Fsp3) is 0.245. The first-order chi connectivity index (χ1) is 29.3. The third-order valence-corrected chi connectivity index (χ3v) is 9.63. The average molecular weight is 912 g/mol. The summed E-state index contributed by atoms with van der Waals surface area (Å²) >= 11 is 0. The quantitative estimate of drug-likeness (QED) is 0.175. The number of imidazole rings is 1. The third kappa shape index (κ3) is 7.41. The van der Waals surface area contributed by atoms with Crippen molar-refractivity contribution in [2.45, 2.75) is 78.3 Å². The Morgan fingerprint density at radius 3 is 2.05 bits per heavy atom. The Kier molecular flexibility index (Phi) is 7.78. The summed E-state index contributed by atoms with van der Waals surface area (Å²) in [4.78, 5) is 13.8. The minimum atomic E-state index is -3.53. The van der Waals surface area contributed by atoms with Gasteiger partial charge in [0.15, 0.2) is 5.69 Å². The zero-order valence-corrected chi connectivity index (χ0v) is 33.8. The minimum absolute atomic E-state index is 0. The van der Waals surface area contributed by atoms with Gasteiger partial charge in [-0.1, -0.05) is 152 Å². The fourth-order valence-electron chi connectivity index (χ4n) is 7.09. The molecule has 5 aromatic carbocycles. The second-order valence-electron chi connectivity index (χ2n) is 15.6. The van der Waals surface area contributed by atoms with E-state index in [4.69, 9.17) is 23.9 Å². The zero-order valence-electron chi connectivity index (χ0n) is 40.5. The molecule has 0 bridgehead atoms. The van der Waals surface area contributed by atoms with E-state index < -0.39 is 42.4 Å². The van der Waals surface area contributed by atoms with E-state index in [1.807, 2.05) is 113 Å². The molecule has 0 fully saturated rings. The number of fused-ring (bicyclic) bond motifs is 1. The minimum Gasteiger partial charge on any atom is -0.508 e. The number of phenolic OH excluding ortho intramolecular Hbond substituents is 1. The molecule has 5 nitrogen and oxygen atoms in total. The second-order valence-corrected chi connectivity index (χ2v) is 15.6. The smallest absolute Gasteiger partial charge is 0.198 e. The molecule has 0 aliphatic carbocycles. The monoisotopic (exact) mass is 911 g/mol. The van der Waals surface area contributed by atoms with Crippen LogP contribution in [0, 0.1) is 12.6 Å². The van der Waals surface area contributed by atoms with E-state index in [2.05, 4.69) is 15.9 Å². The van der Waals surface area contributed by atoms with E-state index in [1.165, 1.54) is 18.3 Å². The van der Waals surface area contributed by atoms with Gasteiger partial charge in [-0.25, -0.2) is 9.83 Å². The number of benzene rings is 5. The first-order valence-electron chi connectivity index (χ1n) is 22.3. The summed E-state index contributed by atoms with van der Waals surface area (Å²) in [5.74, 6) is 0.217. The molecule has 280 valence electrons. The number of nitrogens with zero attached hydrogens (tertiary/aromatic N) is 4. The van der Waals surface area contributed by atoms with Crippen molar-refractivity contribution < 1.29 is 38.5 Å². The van der Waals surface area contributed by atoms with E-state index in [9.17, 15) is 5.11 Å². The predicted octanol–water partition coefficient (Wildman–Crippen LogP) is 13.0. The van der Waals surface area contributed by atoms with Gasteiger partial charge in [-0.3, -0.25) is 9.55 Å². The van der Waals surface area contributed by atoms with Gasteiger partial charge in [0.05, 0.1) is 28.9 Å². The Morgan fingerprint density at radius 2 is 1.40 bits per heavy atom. The van der Waals surface area contributed by atoms with Crippen LogP contribution in [0.5, 0.6) is 5.75 Å². The van der Waals surface area contributed by atoms with Gasteiger partial charge >= 0.3 is 0 Å². The molecule has 0 saturated heterocycles. The van der Waals surface area contributed by atoms with Crippen LogP contribution in [0.4, 0.5) is 5.69 Å². The summed E-state index contributed by atoms with van der Waals surface area (Å²) in [6, 6.07) is 35.6. The first-order valence-corrected chi connectivity index (χ1v) is 17.8. The first kappa shape index (κ1) is 29.0. The van der Waals surface area contributed by atoms with Crippen molar-refractivity contribution in [1.29, 1.82) is 0 Å². The van der Waals surface area contributed by atoms with Crippen molar-refractivity contribution in [1.82, 2.24) is 14.5 Å². The van der Waals surface area contributed by atoms with Crippen molar-refractivity contribution in [3.8, 4) is 56.3 Å². The van der Waals surface area contributed by atoms with E-state index >= 15 is 0 Å². The molecule has 6 heteroatoms. The molecule has 0 saturated carbocycles. The SMILES string of the molecule is [2H]C([2H])([2H])C(c1cc(-c2ccccn2)[c-]c(-c2cccc3c2nc(-c2cc(C(C)(C)C)c([N+]#[C-])c(C(C)(C)C)c2O)n3-c2ccccc2-c2ccccc2)c1)(C([2H])([2H])[2H])C([2H])([2H])[2H].[Pt]. The number of pyridine rings is 1. The van der Waals surface area contributed by atoms with Crippen LogP contribution >= 0.6 is 0 Å². The Bertz CT molecular complexity index is 2870. The molecule has 2 aromatic heterocycles. The van der Waals surface area contributed by atoms with E-state index in [0.29, 0.717) is 56.2 Å². The molecule has 0 atom stereocenters. The maximum atomic E-state index is 12.5. The predicted molar refractivity (Wildman–Crippen MR) is 223 cm³/mol. The van der Waals surface area contributed by atoms with Gasteiger partial charge in [0, 0.05) is 56.4 Å². The summed E-state index contributed by atoms with van der Waals surface area (Å²) in [6.45, 7) is 9.57. The van der Waals surface area contributed by atoms with Crippen molar-refractivity contribution in [2.24, 2.45) is 0 Å². The van der Waals surface area contributed by atoms with Crippen LogP contribution in [0.25, 0.3) is 66.5 Å². The zero-order chi connectivity index (χ0) is 46.1. The normalized spacial score (nSPS) is 15.1. The summed E-state index contributed by atoms with van der Waals surface area (Å²) in [5.41, 5.74) is 1.31. The molecule has 1 N–H and O–H groups in total. The van der Waals surface area contributed by atoms with Gasteiger partial charge in [-0.05, 0) is 45.6 Å². The summed E-state index contributed by atoms with van der Waals surface area (Å²) < 4.78 is 79.2. The molecule has 0 spiro atoms. The summed E-state index contributed by atoms with van der Waals surface area (Å²) in [6.07, 6.45) is 1.52. The van der Waals surface area contributed by atoms with Crippen LogP contribution in [0.1, 0.15) is 91.1 Å². The number of aromatic hydroxyl groups is 1. The largest absolute Gasteiger partial charge is 0.508 e. The molecule has 7 aromatic rings. The fourth-order valence-corrected chi connectivity index (χ4v) is 7.09. The molecule has 0 unspecified atom stereocenters. The topological polar surface area (TPSA) is 55.3 Å². The van der Waals surface area contributed by atoms with Crippen molar-refractivity contribution in [3.63, 3.8) is 0 Å². The number of rotatable bonds is 5. The Labute approximate surface area is 352 Å². The van der Waals surface area contributed by atoms with Crippen LogP contribution in [0.3, 0.4) is 0 Å². The number of phenols is 1.